The number of nitrogens with zero attached hydrogens (tertiary/aromatic N) is 2. The summed E-state index contributed by atoms with van der Waals surface area (Å²) in [5.41, 5.74) is -0.718. The molecule has 0 aliphatic carbocycles. The van der Waals surface area contributed by atoms with Crippen LogP contribution in [0.25, 0.3) is 0 Å². The van der Waals surface area contributed by atoms with E-state index in [1.54, 1.807) is 0 Å². The number of hydrogen-bond acceptors (Lipinski definition) is 3. The number of morpholine rings is 1. The molecule has 0 amide bonds. The average molecular weight is 232 g/mol. The number of ether oxygens (including phenoxy) is 1. The third kappa shape index (κ3) is 2.44. The van der Waals surface area contributed by atoms with Crippen molar-refractivity contribution in [2.24, 2.45) is 0 Å². The van der Waals surface area contributed by atoms with Crippen molar-refractivity contribution in [2.45, 2.75) is 6.18 Å². The van der Waals surface area contributed by atoms with Gasteiger partial charge < -0.3 is 9.64 Å². The Labute approximate surface area is 90.8 Å². The zero-order chi connectivity index (χ0) is 11.6. The van der Waals surface area contributed by atoms with Crippen molar-refractivity contribution in [3.8, 4) is 0 Å². The second kappa shape index (κ2) is 4.29. The summed E-state index contributed by atoms with van der Waals surface area (Å²) in [4.78, 5) is 5.73. The molecular weight excluding hydrogens is 221 g/mol. The van der Waals surface area contributed by atoms with E-state index in [4.69, 9.17) is 4.74 Å². The fourth-order valence-electron chi connectivity index (χ4n) is 1.53. The largest absolute Gasteiger partial charge is 0.417 e. The second-order valence-electron chi connectivity index (χ2n) is 3.50. The molecule has 0 atom stereocenters. The molecule has 88 valence electrons. The SMILES string of the molecule is FC(F)(F)c1ccc(N2CCOCC2)nc1. The molecule has 0 spiro atoms. The molecule has 2 rings (SSSR count). The van der Waals surface area contributed by atoms with Gasteiger partial charge in [-0.3, -0.25) is 0 Å². The first kappa shape index (κ1) is 11.2. The number of alkyl halides is 3. The molecule has 1 saturated heterocycles. The van der Waals surface area contributed by atoms with Gasteiger partial charge in [-0.25, -0.2) is 4.98 Å². The summed E-state index contributed by atoms with van der Waals surface area (Å²) < 4.78 is 42.0. The van der Waals surface area contributed by atoms with Crippen LogP contribution in [-0.4, -0.2) is 31.3 Å². The van der Waals surface area contributed by atoms with Crippen molar-refractivity contribution < 1.29 is 17.9 Å². The summed E-state index contributed by atoms with van der Waals surface area (Å²) in [5, 5.41) is 0. The highest BCUT2D eigenvalue weighted by Gasteiger charge is 2.30. The van der Waals surface area contributed by atoms with Crippen LogP contribution in [0.4, 0.5) is 19.0 Å². The van der Waals surface area contributed by atoms with Gasteiger partial charge in [0.05, 0.1) is 18.8 Å². The van der Waals surface area contributed by atoms with Crippen LogP contribution in [-0.2, 0) is 10.9 Å². The van der Waals surface area contributed by atoms with E-state index in [0.717, 1.165) is 12.3 Å². The predicted octanol–water partition coefficient (Wildman–Crippen LogP) is 1.94. The molecule has 2 heterocycles. The van der Waals surface area contributed by atoms with Gasteiger partial charge in [-0.15, -0.1) is 0 Å². The Bertz CT molecular complexity index is 344. The van der Waals surface area contributed by atoms with E-state index in [1.807, 2.05) is 4.90 Å². The minimum Gasteiger partial charge on any atom is -0.378 e. The van der Waals surface area contributed by atoms with Crippen molar-refractivity contribution in [3.05, 3.63) is 23.9 Å². The maximum absolute atomic E-state index is 12.3. The maximum atomic E-state index is 12.3. The Morgan fingerprint density at radius 3 is 2.38 bits per heavy atom. The summed E-state index contributed by atoms with van der Waals surface area (Å²) in [6.45, 7) is 2.50. The van der Waals surface area contributed by atoms with E-state index in [2.05, 4.69) is 4.98 Å². The monoisotopic (exact) mass is 232 g/mol. The normalized spacial score (nSPS) is 17.6. The molecule has 1 aromatic heterocycles. The van der Waals surface area contributed by atoms with E-state index < -0.39 is 11.7 Å². The summed E-state index contributed by atoms with van der Waals surface area (Å²) in [5.74, 6) is 0.566. The number of halogens is 3. The Balaban J connectivity index is 2.12. The summed E-state index contributed by atoms with van der Waals surface area (Å²) in [6, 6.07) is 2.45. The molecule has 0 aromatic carbocycles. The van der Waals surface area contributed by atoms with Crippen molar-refractivity contribution in [2.75, 3.05) is 31.2 Å². The van der Waals surface area contributed by atoms with E-state index in [1.165, 1.54) is 6.07 Å². The van der Waals surface area contributed by atoms with Crippen LogP contribution < -0.4 is 4.90 Å². The first-order valence-corrected chi connectivity index (χ1v) is 4.93. The Morgan fingerprint density at radius 2 is 1.88 bits per heavy atom. The molecule has 3 nitrogen and oxygen atoms in total. The number of aromatic nitrogens is 1. The topological polar surface area (TPSA) is 25.4 Å². The van der Waals surface area contributed by atoms with Gasteiger partial charge in [0, 0.05) is 19.3 Å². The molecule has 0 radical (unpaired) electrons. The molecule has 0 unspecified atom stereocenters. The maximum Gasteiger partial charge on any atom is 0.417 e. The van der Waals surface area contributed by atoms with E-state index in [9.17, 15) is 13.2 Å². The smallest absolute Gasteiger partial charge is 0.378 e. The van der Waals surface area contributed by atoms with Crippen molar-refractivity contribution in [1.82, 2.24) is 4.98 Å². The number of anilines is 1. The Kier molecular flexibility index (Phi) is 3.00. The highest BCUT2D eigenvalue weighted by molar-refractivity contribution is 5.40. The average Bonchev–Trinajstić information content (AvgIpc) is 2.29. The molecule has 0 saturated carbocycles. The van der Waals surface area contributed by atoms with Crippen LogP contribution in [0.15, 0.2) is 18.3 Å². The van der Waals surface area contributed by atoms with Gasteiger partial charge in [0.1, 0.15) is 5.82 Å². The first-order valence-electron chi connectivity index (χ1n) is 4.93. The highest BCUT2D eigenvalue weighted by atomic mass is 19.4. The molecule has 1 aliphatic heterocycles. The fraction of sp³-hybridized carbons (Fsp3) is 0.500. The Hall–Kier alpha value is -1.30. The number of hydrogen-bond donors (Lipinski definition) is 0. The predicted molar refractivity (Wildman–Crippen MR) is 52.3 cm³/mol. The Morgan fingerprint density at radius 1 is 1.19 bits per heavy atom. The van der Waals surface area contributed by atoms with Crippen LogP contribution in [0.3, 0.4) is 0 Å². The molecule has 1 aliphatic rings. The van der Waals surface area contributed by atoms with Gasteiger partial charge >= 0.3 is 6.18 Å². The van der Waals surface area contributed by atoms with Crippen LogP contribution >= 0.6 is 0 Å². The van der Waals surface area contributed by atoms with Crippen molar-refractivity contribution >= 4 is 5.82 Å². The lowest BCUT2D eigenvalue weighted by molar-refractivity contribution is -0.137. The standard InChI is InChI=1S/C10H11F3N2O/c11-10(12,13)8-1-2-9(14-7-8)15-3-5-16-6-4-15/h1-2,7H,3-6H2. The first-order chi connectivity index (χ1) is 7.57. The third-order valence-electron chi connectivity index (χ3n) is 2.41. The van der Waals surface area contributed by atoms with Gasteiger partial charge in [0.15, 0.2) is 0 Å². The molecule has 1 aromatic rings. The molecule has 0 bridgehead atoms. The van der Waals surface area contributed by atoms with Gasteiger partial charge in [-0.05, 0) is 12.1 Å². The van der Waals surface area contributed by atoms with Crippen molar-refractivity contribution in [3.63, 3.8) is 0 Å². The lowest BCUT2D eigenvalue weighted by atomic mass is 10.2. The zero-order valence-electron chi connectivity index (χ0n) is 8.50. The molecular formula is C10H11F3N2O. The van der Waals surface area contributed by atoms with Gasteiger partial charge in [-0.2, -0.15) is 13.2 Å². The van der Waals surface area contributed by atoms with E-state index in [-0.39, 0.29) is 0 Å². The summed E-state index contributed by atoms with van der Waals surface area (Å²) >= 11 is 0. The van der Waals surface area contributed by atoms with Gasteiger partial charge in [0.25, 0.3) is 0 Å². The zero-order valence-corrected chi connectivity index (χ0v) is 8.50. The van der Waals surface area contributed by atoms with E-state index >= 15 is 0 Å². The van der Waals surface area contributed by atoms with Gasteiger partial charge in [0.2, 0.25) is 0 Å². The molecule has 0 N–H and O–H groups in total. The number of rotatable bonds is 1. The van der Waals surface area contributed by atoms with Crippen LogP contribution in [0.5, 0.6) is 0 Å². The molecule has 6 heteroatoms. The third-order valence-corrected chi connectivity index (χ3v) is 2.41. The fourth-order valence-corrected chi connectivity index (χ4v) is 1.53. The minimum atomic E-state index is -4.32. The van der Waals surface area contributed by atoms with Crippen LogP contribution in [0.1, 0.15) is 5.56 Å². The quantitative estimate of drug-likeness (QED) is 0.739. The number of pyridine rings is 1. The second-order valence-corrected chi connectivity index (χ2v) is 3.50. The summed E-state index contributed by atoms with van der Waals surface area (Å²) in [6.07, 6.45) is -3.46. The highest BCUT2D eigenvalue weighted by Crippen LogP contribution is 2.29. The van der Waals surface area contributed by atoms with E-state index in [0.29, 0.717) is 32.1 Å². The summed E-state index contributed by atoms with van der Waals surface area (Å²) in [7, 11) is 0. The molecule has 16 heavy (non-hydrogen) atoms. The lowest BCUT2D eigenvalue weighted by Gasteiger charge is -2.27. The minimum absolute atomic E-state index is 0.566. The van der Waals surface area contributed by atoms with Crippen LogP contribution in [0.2, 0.25) is 0 Å². The van der Waals surface area contributed by atoms with Crippen molar-refractivity contribution in [1.29, 1.82) is 0 Å². The molecule has 1 fully saturated rings. The van der Waals surface area contributed by atoms with Crippen LogP contribution in [0, 0.1) is 0 Å². The lowest BCUT2D eigenvalue weighted by Crippen LogP contribution is -2.36. The van der Waals surface area contributed by atoms with Gasteiger partial charge in [-0.1, -0.05) is 0 Å².